The molecular weight excluding hydrogens is 766 g/mol. The summed E-state index contributed by atoms with van der Waals surface area (Å²) in [4.78, 5) is 39.4. The van der Waals surface area contributed by atoms with E-state index in [0.717, 1.165) is 37.0 Å². The topological polar surface area (TPSA) is 200 Å². The minimum Gasteiger partial charge on any atom is -0.469 e. The molecule has 0 aromatic heterocycles. The number of methoxy groups -OCH3 is 1. The second-order valence-corrected chi connectivity index (χ2v) is 14.7. The minimum absolute atomic E-state index is 0.0830. The molecule has 3 aromatic carbocycles. The lowest BCUT2D eigenvalue weighted by Crippen LogP contribution is -2.66. The highest BCUT2D eigenvalue weighted by molar-refractivity contribution is 6.21. The van der Waals surface area contributed by atoms with Gasteiger partial charge in [-0.1, -0.05) is 98.5 Å². The predicted octanol–water partition coefficient (Wildman–Crippen LogP) is 3.28. The molecule has 4 N–H and O–H groups in total. The number of aliphatic hydroxyl groups excluding tert-OH is 4. The summed E-state index contributed by atoms with van der Waals surface area (Å²) < 4.78 is 59.6. The van der Waals surface area contributed by atoms with Gasteiger partial charge in [0.25, 0.3) is 11.8 Å². The smallest absolute Gasteiger partial charge is 0.305 e. The van der Waals surface area contributed by atoms with E-state index in [0.29, 0.717) is 24.0 Å². The van der Waals surface area contributed by atoms with Crippen LogP contribution in [0.3, 0.4) is 0 Å². The molecule has 0 saturated carbocycles. The van der Waals surface area contributed by atoms with Crippen molar-refractivity contribution in [1.82, 2.24) is 4.90 Å². The first-order valence-electron chi connectivity index (χ1n) is 21.2. The van der Waals surface area contributed by atoms with Crippen molar-refractivity contribution in [2.75, 3.05) is 26.9 Å². The highest BCUT2D eigenvalue weighted by Crippen LogP contribution is 2.34. The summed E-state index contributed by atoms with van der Waals surface area (Å²) in [6.07, 6.45) is -8.19. The number of ether oxygens (including phenoxy) is 7. The number of hydrogen-bond donors (Lipinski definition) is 4. The average molecular weight is 824 g/mol. The van der Waals surface area contributed by atoms with Crippen LogP contribution in [-0.4, -0.2) is 131 Å². The van der Waals surface area contributed by atoms with E-state index in [-0.39, 0.29) is 23.7 Å². The SMILES string of the molecule is [2H]C(O[C@H]1[C@H](O)[C@H](OC([2H])c2ccccc2)C(OCCCCCCCCC(=O)OC)O[C@@H]1CO[C@@H]1O[C@H](CO)[C@@H](O)[C@H](O)[C@H]1N1C(=O)c2ccccc2C1=O)c1ccccc1. The molecule has 59 heavy (non-hydrogen) atoms. The summed E-state index contributed by atoms with van der Waals surface area (Å²) in [6.45, 7) is -3.70. The van der Waals surface area contributed by atoms with Crippen LogP contribution in [0, 0.1) is 0 Å². The number of benzene rings is 3. The van der Waals surface area contributed by atoms with Gasteiger partial charge >= 0.3 is 5.97 Å². The fraction of sp³-hybridized carbons (Fsp3) is 0.523. The third-order valence-electron chi connectivity index (χ3n) is 10.6. The van der Waals surface area contributed by atoms with Crippen LogP contribution >= 0.6 is 0 Å². The van der Waals surface area contributed by atoms with E-state index in [2.05, 4.69) is 0 Å². The first kappa shape index (κ1) is 41.6. The molecule has 3 aromatic rings. The Morgan fingerprint density at radius 3 is 1.80 bits per heavy atom. The standard InChI is InChI=1S/C44H55NO14/c1-53-34(47)22-12-4-2-3-5-15-23-54-44-40(56-26-29-18-10-7-11-19-29)38(50)39(55-25-28-16-8-6-9-17-28)33(59-44)27-57-43-35(37(49)36(48)32(24-46)58-43)45-41(51)30-20-13-14-21-31(30)42(45)52/h6-11,13-14,16-21,32-33,35-40,43-44,46,48-50H,2-5,12,15,22-27H2,1H3/t32-,33-,35-,36-,37-,38+,39-,40+,43-,44?/m1/s1/i25D,26D/t25?,26?,32-,33-,35-,36-,37-,38+,39-,40+,43-,44?. The van der Waals surface area contributed by atoms with Crippen molar-refractivity contribution < 1.29 is 70.7 Å². The lowest BCUT2D eigenvalue weighted by molar-refractivity contribution is -0.334. The Morgan fingerprint density at radius 1 is 0.661 bits per heavy atom. The number of aliphatic hydroxyl groups is 4. The Labute approximate surface area is 346 Å². The van der Waals surface area contributed by atoms with Crippen LogP contribution in [0.15, 0.2) is 84.9 Å². The molecule has 3 aliphatic rings. The van der Waals surface area contributed by atoms with Gasteiger partial charge in [0.2, 0.25) is 0 Å². The second-order valence-electron chi connectivity index (χ2n) is 14.7. The molecule has 3 aliphatic heterocycles. The van der Waals surface area contributed by atoms with Crippen LogP contribution in [-0.2, 0) is 51.1 Å². The molecule has 320 valence electrons. The molecule has 12 atom stereocenters. The maximum absolute atomic E-state index is 13.6. The van der Waals surface area contributed by atoms with Crippen LogP contribution in [0.4, 0.5) is 0 Å². The maximum atomic E-state index is 13.6. The van der Waals surface area contributed by atoms with Crippen molar-refractivity contribution in [2.45, 2.75) is 119 Å². The molecule has 15 nitrogen and oxygen atoms in total. The van der Waals surface area contributed by atoms with Crippen molar-refractivity contribution in [3.05, 3.63) is 107 Å². The van der Waals surface area contributed by atoms with Gasteiger partial charge in [0.15, 0.2) is 12.6 Å². The van der Waals surface area contributed by atoms with Gasteiger partial charge in [0.1, 0.15) is 48.8 Å². The fourth-order valence-electron chi connectivity index (χ4n) is 7.38. The van der Waals surface area contributed by atoms with E-state index >= 15 is 0 Å². The number of amides is 2. The Kier molecular flexibility index (Phi) is 15.5. The average Bonchev–Trinajstić information content (AvgIpc) is 3.53. The van der Waals surface area contributed by atoms with Crippen LogP contribution in [0.1, 0.15) is 79.5 Å². The zero-order chi connectivity index (χ0) is 43.5. The van der Waals surface area contributed by atoms with E-state index < -0.39 is 99.5 Å². The first-order valence-corrected chi connectivity index (χ1v) is 20.0. The lowest BCUT2D eigenvalue weighted by atomic mass is 9.95. The number of carbonyl (C=O) groups is 3. The van der Waals surface area contributed by atoms with E-state index in [1.165, 1.54) is 19.2 Å². The van der Waals surface area contributed by atoms with Crippen LogP contribution in [0.5, 0.6) is 0 Å². The minimum atomic E-state index is -1.81. The molecule has 6 rings (SSSR count). The van der Waals surface area contributed by atoms with Gasteiger partial charge in [-0.15, -0.1) is 0 Å². The van der Waals surface area contributed by atoms with Gasteiger partial charge in [0.05, 0.1) is 47.4 Å². The molecule has 2 amide bonds. The van der Waals surface area contributed by atoms with Crippen LogP contribution in [0.25, 0.3) is 0 Å². The maximum Gasteiger partial charge on any atom is 0.305 e. The summed E-state index contributed by atoms with van der Waals surface area (Å²) in [5.74, 6) is -1.74. The monoisotopic (exact) mass is 823 g/mol. The van der Waals surface area contributed by atoms with Gasteiger partial charge in [-0.3, -0.25) is 19.3 Å². The number of rotatable bonds is 21. The van der Waals surface area contributed by atoms with E-state index in [4.69, 9.17) is 35.9 Å². The molecule has 3 heterocycles. The molecule has 2 saturated heterocycles. The van der Waals surface area contributed by atoms with Gasteiger partial charge in [-0.2, -0.15) is 0 Å². The van der Waals surface area contributed by atoms with Gasteiger partial charge in [-0.05, 0) is 36.1 Å². The quantitative estimate of drug-likeness (QED) is 0.0693. The van der Waals surface area contributed by atoms with Crippen LogP contribution < -0.4 is 0 Å². The van der Waals surface area contributed by atoms with Gasteiger partial charge < -0.3 is 53.6 Å². The van der Waals surface area contributed by atoms with Gasteiger partial charge in [0, 0.05) is 13.0 Å². The lowest BCUT2D eigenvalue weighted by Gasteiger charge is -2.47. The molecular formula is C44H55NO14. The number of nitrogens with zero attached hydrogens (tertiary/aromatic N) is 1. The third kappa shape index (κ3) is 11.2. The van der Waals surface area contributed by atoms with Crippen molar-refractivity contribution in [3.63, 3.8) is 0 Å². The Morgan fingerprint density at radius 2 is 1.20 bits per heavy atom. The third-order valence-corrected chi connectivity index (χ3v) is 10.6. The van der Waals surface area contributed by atoms with E-state index in [1.54, 1.807) is 72.8 Å². The summed E-state index contributed by atoms with van der Waals surface area (Å²) in [6, 6.07) is 21.8. The summed E-state index contributed by atoms with van der Waals surface area (Å²) in [5, 5.41) is 44.5. The Bertz CT molecular complexity index is 1830. The highest BCUT2D eigenvalue weighted by Gasteiger charge is 2.54. The second kappa shape index (κ2) is 21.9. The summed E-state index contributed by atoms with van der Waals surface area (Å²) >= 11 is 0. The Balaban J connectivity index is 1.23. The van der Waals surface area contributed by atoms with Crippen LogP contribution in [0.2, 0.25) is 0 Å². The molecule has 3 unspecified atom stereocenters. The number of esters is 1. The molecule has 0 spiro atoms. The van der Waals surface area contributed by atoms with E-state index in [1.807, 2.05) is 0 Å². The van der Waals surface area contributed by atoms with E-state index in [9.17, 15) is 34.8 Å². The zero-order valence-corrected chi connectivity index (χ0v) is 32.9. The van der Waals surface area contributed by atoms with Crippen molar-refractivity contribution in [1.29, 1.82) is 0 Å². The molecule has 15 heteroatoms. The highest BCUT2D eigenvalue weighted by atomic mass is 16.7. The normalized spacial score (nSPS) is 29.7. The largest absolute Gasteiger partial charge is 0.469 e. The number of fused-ring (bicyclic) bond motifs is 1. The number of unbranched alkanes of at least 4 members (excludes halogenated alkanes) is 5. The van der Waals surface area contributed by atoms with Gasteiger partial charge in [-0.25, -0.2) is 0 Å². The molecule has 0 aliphatic carbocycles. The first-order chi connectivity index (χ1) is 29.5. The van der Waals surface area contributed by atoms with Crippen molar-refractivity contribution in [2.24, 2.45) is 0 Å². The number of carbonyl (C=O) groups excluding carboxylic acids is 3. The zero-order valence-electron chi connectivity index (χ0n) is 34.9. The molecule has 0 bridgehead atoms. The molecule has 0 radical (unpaired) electrons. The fourth-order valence-corrected chi connectivity index (χ4v) is 7.38. The summed E-state index contributed by atoms with van der Waals surface area (Å²) in [5.41, 5.74) is 1.13. The number of imide groups is 1. The predicted molar refractivity (Wildman–Crippen MR) is 209 cm³/mol. The summed E-state index contributed by atoms with van der Waals surface area (Å²) in [7, 11) is 1.37. The number of hydrogen-bond acceptors (Lipinski definition) is 14. The van der Waals surface area contributed by atoms with Crippen molar-refractivity contribution >= 4 is 17.8 Å². The Hall–Kier alpha value is -4.13. The molecule has 2 fully saturated rings. The van der Waals surface area contributed by atoms with Crippen molar-refractivity contribution in [3.8, 4) is 0 Å².